The molecule has 5 nitrogen and oxygen atoms in total. The zero-order valence-electron chi connectivity index (χ0n) is 15.5. The maximum absolute atomic E-state index is 12.6. The first-order valence-corrected chi connectivity index (χ1v) is 8.75. The van der Waals surface area contributed by atoms with E-state index in [9.17, 15) is 13.2 Å². The fourth-order valence-corrected chi connectivity index (χ4v) is 3.12. The number of hydrogen-bond acceptors (Lipinski definition) is 3. The highest BCUT2D eigenvalue weighted by Gasteiger charge is 2.34. The number of hydrogen-bond donors (Lipinski definition) is 1. The normalized spacial score (nSPS) is 18.8. The van der Waals surface area contributed by atoms with E-state index in [1.165, 1.54) is 4.90 Å². The molecule has 1 heterocycles. The van der Waals surface area contributed by atoms with Gasteiger partial charge in [-0.05, 0) is 19.4 Å². The molecule has 26 heavy (non-hydrogen) atoms. The zero-order valence-corrected chi connectivity index (χ0v) is 15.5. The van der Waals surface area contributed by atoms with Crippen molar-refractivity contribution in [3.05, 3.63) is 29.8 Å². The van der Waals surface area contributed by atoms with Crippen molar-refractivity contribution in [2.45, 2.75) is 32.1 Å². The van der Waals surface area contributed by atoms with E-state index in [1.807, 2.05) is 43.1 Å². The Bertz CT molecular complexity index is 606. The number of para-hydroxylation sites is 1. The van der Waals surface area contributed by atoms with Crippen LogP contribution in [0.1, 0.15) is 18.9 Å². The predicted octanol–water partition coefficient (Wildman–Crippen LogP) is 2.73. The van der Waals surface area contributed by atoms with Crippen LogP contribution in [0.15, 0.2) is 29.3 Å². The van der Waals surface area contributed by atoms with E-state index in [0.717, 1.165) is 11.3 Å². The number of likely N-dealkylation sites (tertiary alicyclic amines) is 1. The molecule has 1 aromatic carbocycles. The van der Waals surface area contributed by atoms with Crippen LogP contribution in [0, 0.1) is 0 Å². The zero-order chi connectivity index (χ0) is 19.2. The van der Waals surface area contributed by atoms with Crippen LogP contribution in [0.2, 0.25) is 0 Å². The molecule has 1 aliphatic heterocycles. The number of halogens is 3. The molecule has 0 aromatic heterocycles. The molecule has 0 bridgehead atoms. The fourth-order valence-electron chi connectivity index (χ4n) is 3.12. The summed E-state index contributed by atoms with van der Waals surface area (Å²) in [5.41, 5.74) is 1.02. The van der Waals surface area contributed by atoms with Gasteiger partial charge in [0.15, 0.2) is 5.96 Å². The first kappa shape index (κ1) is 20.4. The molecule has 1 aliphatic rings. The Labute approximate surface area is 152 Å². The summed E-state index contributed by atoms with van der Waals surface area (Å²) in [4.78, 5) is 7.89. The Hall–Kier alpha value is -1.96. The molecule has 1 fully saturated rings. The van der Waals surface area contributed by atoms with Gasteiger partial charge < -0.3 is 15.0 Å². The highest BCUT2D eigenvalue weighted by molar-refractivity contribution is 5.80. The number of rotatable bonds is 6. The molecule has 1 N–H and O–H groups in total. The molecule has 1 unspecified atom stereocenters. The Morgan fingerprint density at radius 2 is 2.12 bits per heavy atom. The Morgan fingerprint density at radius 1 is 1.38 bits per heavy atom. The first-order valence-electron chi connectivity index (χ1n) is 8.75. The third-order valence-electron chi connectivity index (χ3n) is 4.28. The minimum atomic E-state index is -4.16. The third kappa shape index (κ3) is 6.09. The summed E-state index contributed by atoms with van der Waals surface area (Å²) in [7, 11) is 3.54. The average Bonchev–Trinajstić information content (AvgIpc) is 3.00. The highest BCUT2D eigenvalue weighted by atomic mass is 19.4. The summed E-state index contributed by atoms with van der Waals surface area (Å²) in [6, 6.07) is 7.71. The van der Waals surface area contributed by atoms with Crippen molar-refractivity contribution in [3.8, 4) is 5.75 Å². The predicted molar refractivity (Wildman–Crippen MR) is 96.5 cm³/mol. The van der Waals surface area contributed by atoms with Gasteiger partial charge in [-0.1, -0.05) is 18.2 Å². The molecule has 0 amide bonds. The lowest BCUT2D eigenvalue weighted by Crippen LogP contribution is -2.45. The molecule has 1 aromatic rings. The van der Waals surface area contributed by atoms with Crippen LogP contribution in [0.25, 0.3) is 0 Å². The quantitative estimate of drug-likeness (QED) is 0.616. The Balaban J connectivity index is 1.97. The third-order valence-corrected chi connectivity index (χ3v) is 4.28. The lowest BCUT2D eigenvalue weighted by atomic mass is 10.2. The molecule has 0 aliphatic carbocycles. The van der Waals surface area contributed by atoms with E-state index in [4.69, 9.17) is 4.74 Å². The van der Waals surface area contributed by atoms with Crippen LogP contribution in [-0.4, -0.2) is 68.3 Å². The van der Waals surface area contributed by atoms with E-state index in [0.29, 0.717) is 38.6 Å². The summed E-state index contributed by atoms with van der Waals surface area (Å²) in [6.07, 6.45) is -3.49. The summed E-state index contributed by atoms with van der Waals surface area (Å²) in [6.45, 7) is 3.07. The lowest BCUT2D eigenvalue weighted by molar-refractivity contribution is -0.143. The van der Waals surface area contributed by atoms with Gasteiger partial charge in [-0.3, -0.25) is 9.89 Å². The highest BCUT2D eigenvalue weighted by Crippen LogP contribution is 2.21. The second kappa shape index (κ2) is 9.12. The van der Waals surface area contributed by atoms with Crippen molar-refractivity contribution in [3.63, 3.8) is 0 Å². The van der Waals surface area contributed by atoms with Crippen molar-refractivity contribution >= 4 is 5.96 Å². The number of ether oxygens (including phenoxy) is 1. The van der Waals surface area contributed by atoms with Gasteiger partial charge in [0.25, 0.3) is 0 Å². The molecule has 0 saturated carbocycles. The van der Waals surface area contributed by atoms with E-state index in [1.54, 1.807) is 7.11 Å². The van der Waals surface area contributed by atoms with Crippen LogP contribution >= 0.6 is 0 Å². The largest absolute Gasteiger partial charge is 0.496 e. The summed E-state index contributed by atoms with van der Waals surface area (Å²) < 4.78 is 43.0. The molecule has 2 rings (SSSR count). The molecule has 1 atom stereocenters. The molecule has 8 heteroatoms. The fraction of sp³-hybridized carbons (Fsp3) is 0.611. The number of aliphatic imine (C=N–C) groups is 1. The number of methoxy groups -OCH3 is 1. The minimum Gasteiger partial charge on any atom is -0.496 e. The van der Waals surface area contributed by atoms with Gasteiger partial charge >= 0.3 is 6.18 Å². The Morgan fingerprint density at radius 3 is 2.77 bits per heavy atom. The average molecular weight is 372 g/mol. The van der Waals surface area contributed by atoms with Crippen molar-refractivity contribution in [1.82, 2.24) is 15.1 Å². The summed E-state index contributed by atoms with van der Waals surface area (Å²) in [5, 5.41) is 3.32. The maximum Gasteiger partial charge on any atom is 0.401 e. The summed E-state index contributed by atoms with van der Waals surface area (Å²) >= 11 is 0. The van der Waals surface area contributed by atoms with Crippen molar-refractivity contribution in [2.75, 3.05) is 40.3 Å². The number of nitrogens with zero attached hydrogens (tertiary/aromatic N) is 3. The lowest BCUT2D eigenvalue weighted by Gasteiger charge is -2.26. The molecule has 0 spiro atoms. The molecular weight excluding hydrogens is 345 g/mol. The molecule has 146 valence electrons. The smallest absolute Gasteiger partial charge is 0.401 e. The van der Waals surface area contributed by atoms with Gasteiger partial charge in [0.2, 0.25) is 0 Å². The van der Waals surface area contributed by atoms with E-state index in [2.05, 4.69) is 10.3 Å². The van der Waals surface area contributed by atoms with E-state index >= 15 is 0 Å². The van der Waals surface area contributed by atoms with Gasteiger partial charge in [-0.2, -0.15) is 13.2 Å². The van der Waals surface area contributed by atoms with Crippen LogP contribution in [-0.2, 0) is 6.54 Å². The van der Waals surface area contributed by atoms with Crippen molar-refractivity contribution in [2.24, 2.45) is 4.99 Å². The number of guanidine groups is 1. The number of nitrogens with one attached hydrogen (secondary N) is 1. The van der Waals surface area contributed by atoms with Crippen LogP contribution < -0.4 is 10.1 Å². The SMILES string of the molecule is CCN=C(NC1CCN(CC(F)(F)F)C1)N(C)Cc1ccccc1OC. The monoisotopic (exact) mass is 372 g/mol. The molecular formula is C18H27F3N4O. The van der Waals surface area contributed by atoms with Gasteiger partial charge in [-0.15, -0.1) is 0 Å². The Kier molecular flexibility index (Phi) is 7.14. The topological polar surface area (TPSA) is 40.1 Å². The van der Waals surface area contributed by atoms with E-state index in [-0.39, 0.29) is 6.04 Å². The molecule has 0 radical (unpaired) electrons. The van der Waals surface area contributed by atoms with Crippen molar-refractivity contribution < 1.29 is 17.9 Å². The van der Waals surface area contributed by atoms with Crippen LogP contribution in [0.4, 0.5) is 13.2 Å². The van der Waals surface area contributed by atoms with Gasteiger partial charge in [0.1, 0.15) is 5.75 Å². The second-order valence-electron chi connectivity index (χ2n) is 6.45. The summed E-state index contributed by atoms with van der Waals surface area (Å²) in [5.74, 6) is 1.49. The second-order valence-corrected chi connectivity index (χ2v) is 6.45. The van der Waals surface area contributed by atoms with Crippen molar-refractivity contribution in [1.29, 1.82) is 0 Å². The van der Waals surface area contributed by atoms with E-state index < -0.39 is 12.7 Å². The minimum absolute atomic E-state index is 0.0391. The van der Waals surface area contributed by atoms with Crippen LogP contribution in [0.5, 0.6) is 5.75 Å². The van der Waals surface area contributed by atoms with Gasteiger partial charge in [-0.25, -0.2) is 0 Å². The standard InChI is InChI=1S/C18H27F3N4O/c1-4-22-17(23-15-9-10-25(12-15)13-18(19,20)21)24(2)11-14-7-5-6-8-16(14)26-3/h5-8,15H,4,9-13H2,1-3H3,(H,22,23). The maximum atomic E-state index is 12.6. The molecule has 1 saturated heterocycles. The first-order chi connectivity index (χ1) is 12.3. The number of benzene rings is 1. The van der Waals surface area contributed by atoms with Gasteiger partial charge in [0.05, 0.1) is 13.7 Å². The number of alkyl halides is 3. The van der Waals surface area contributed by atoms with Gasteiger partial charge in [0, 0.05) is 44.8 Å². The van der Waals surface area contributed by atoms with Crippen LogP contribution in [0.3, 0.4) is 0 Å².